The predicted octanol–water partition coefficient (Wildman–Crippen LogP) is 3.51. The molecule has 1 saturated heterocycles. The van der Waals surface area contributed by atoms with E-state index in [1.165, 1.54) is 24.6 Å². The average Bonchev–Trinajstić information content (AvgIpc) is 2.80. The van der Waals surface area contributed by atoms with E-state index in [1.54, 1.807) is 38.3 Å². The lowest BCUT2D eigenvalue weighted by molar-refractivity contribution is 0.172. The molecule has 0 bridgehead atoms. The lowest BCUT2D eigenvalue weighted by atomic mass is 10.2. The van der Waals surface area contributed by atoms with E-state index in [1.807, 2.05) is 32.0 Å². The maximum absolute atomic E-state index is 13.3. The fourth-order valence-corrected chi connectivity index (χ4v) is 6.40. The number of ether oxygens (including phenoxy) is 4. The number of nitrogens with zero attached hydrogens (tertiary/aromatic N) is 2. The van der Waals surface area contributed by atoms with Gasteiger partial charge in [0.05, 0.1) is 33.3 Å². The van der Waals surface area contributed by atoms with Gasteiger partial charge >= 0.3 is 0 Å². The van der Waals surface area contributed by atoms with Gasteiger partial charge in [-0.25, -0.2) is 12.7 Å². The Kier molecular flexibility index (Phi) is 7.81. The van der Waals surface area contributed by atoms with Crippen molar-refractivity contribution in [2.24, 2.45) is 0 Å². The summed E-state index contributed by atoms with van der Waals surface area (Å²) in [6, 6.07) is 10.4. The highest BCUT2D eigenvalue weighted by Crippen LogP contribution is 2.37. The maximum Gasteiger partial charge on any atom is 0.243 e. The maximum atomic E-state index is 13.3. The third-order valence-corrected chi connectivity index (χ3v) is 8.59. The number of piperazine rings is 1. The molecule has 0 spiro atoms. The lowest BCUT2D eigenvalue weighted by Crippen LogP contribution is -2.55. The Bertz CT molecular complexity index is 1030. The van der Waals surface area contributed by atoms with Crippen molar-refractivity contribution in [2.45, 2.75) is 35.7 Å². The van der Waals surface area contributed by atoms with Gasteiger partial charge in [-0.1, -0.05) is 0 Å². The summed E-state index contributed by atoms with van der Waals surface area (Å²) in [5.74, 6) is 2.21. The van der Waals surface area contributed by atoms with Crippen LogP contribution in [0.1, 0.15) is 13.8 Å². The zero-order chi connectivity index (χ0) is 23.5. The van der Waals surface area contributed by atoms with Gasteiger partial charge in [0.2, 0.25) is 10.0 Å². The van der Waals surface area contributed by atoms with Gasteiger partial charge in [-0.3, -0.25) is 0 Å². The van der Waals surface area contributed by atoms with Crippen LogP contribution in [0, 0.1) is 0 Å². The zero-order valence-corrected chi connectivity index (χ0v) is 20.8. The average molecular weight is 483 g/mol. The monoisotopic (exact) mass is 482 g/mol. The zero-order valence-electron chi connectivity index (χ0n) is 19.2. The summed E-state index contributed by atoms with van der Waals surface area (Å²) in [6.07, 6.45) is 0. The minimum Gasteiger partial charge on any atom is -0.493 e. The third-order valence-electron chi connectivity index (χ3n) is 5.36. The first-order valence-electron chi connectivity index (χ1n) is 10.2. The quantitative estimate of drug-likeness (QED) is 0.529. The van der Waals surface area contributed by atoms with Crippen molar-refractivity contribution < 1.29 is 27.4 Å². The summed E-state index contributed by atoms with van der Waals surface area (Å²) in [6.45, 7) is 4.81. The van der Waals surface area contributed by atoms with Crippen LogP contribution in [0.25, 0.3) is 0 Å². The summed E-state index contributed by atoms with van der Waals surface area (Å²) in [7, 11) is 2.54. The summed E-state index contributed by atoms with van der Waals surface area (Å²) in [4.78, 5) is 1.19. The molecule has 0 amide bonds. The second kappa shape index (κ2) is 10.2. The summed E-state index contributed by atoms with van der Waals surface area (Å²) in [5.41, 5.74) is 0. The van der Waals surface area contributed by atoms with E-state index >= 15 is 0 Å². The van der Waals surface area contributed by atoms with Gasteiger partial charge < -0.3 is 18.9 Å². The molecule has 1 aliphatic heterocycles. The standard InChI is InChI=1S/C22H30N2O6S2/c1-15-13-23(32(25,26)18-8-10-20(28-4)22(12-18)30-6)14-16(2)24(15)31-17-7-9-19(27-3)21(11-17)29-5/h7-12,15-16H,13-14H2,1-6H3/t15-,16+. The molecule has 2 aromatic rings. The van der Waals surface area contributed by atoms with Gasteiger partial charge in [-0.05, 0) is 56.1 Å². The SMILES string of the molecule is COc1ccc(SN2[C@H](C)CN(S(=O)(=O)c3ccc(OC)c(OC)c3)C[C@@H]2C)cc1OC. The van der Waals surface area contributed by atoms with E-state index in [9.17, 15) is 8.42 Å². The largest absolute Gasteiger partial charge is 0.493 e. The Morgan fingerprint density at radius 2 is 1.28 bits per heavy atom. The minimum absolute atomic E-state index is 0.00762. The number of hydrogen-bond donors (Lipinski definition) is 0. The van der Waals surface area contributed by atoms with Crippen LogP contribution < -0.4 is 18.9 Å². The van der Waals surface area contributed by atoms with Crippen LogP contribution in [0.5, 0.6) is 23.0 Å². The molecule has 0 aliphatic carbocycles. The molecular formula is C22H30N2O6S2. The van der Waals surface area contributed by atoms with Crippen molar-refractivity contribution in [3.63, 3.8) is 0 Å². The van der Waals surface area contributed by atoms with Crippen LogP contribution >= 0.6 is 11.9 Å². The lowest BCUT2D eigenvalue weighted by Gasteiger charge is -2.42. The molecule has 10 heteroatoms. The molecule has 176 valence electrons. The molecule has 2 atom stereocenters. The molecule has 32 heavy (non-hydrogen) atoms. The van der Waals surface area contributed by atoms with Crippen molar-refractivity contribution in [2.75, 3.05) is 41.5 Å². The van der Waals surface area contributed by atoms with Gasteiger partial charge in [-0.15, -0.1) is 0 Å². The fraction of sp³-hybridized carbons (Fsp3) is 0.455. The predicted molar refractivity (Wildman–Crippen MR) is 124 cm³/mol. The summed E-state index contributed by atoms with van der Waals surface area (Å²) in [5, 5.41) is 0. The van der Waals surface area contributed by atoms with Crippen molar-refractivity contribution in [1.29, 1.82) is 0 Å². The van der Waals surface area contributed by atoms with Gasteiger partial charge in [0.15, 0.2) is 23.0 Å². The molecule has 8 nitrogen and oxygen atoms in total. The summed E-state index contributed by atoms with van der Waals surface area (Å²) >= 11 is 1.59. The first-order valence-corrected chi connectivity index (χ1v) is 12.4. The van der Waals surface area contributed by atoms with Crippen molar-refractivity contribution in [3.05, 3.63) is 36.4 Å². The first-order chi connectivity index (χ1) is 15.2. The van der Waals surface area contributed by atoms with E-state index in [-0.39, 0.29) is 17.0 Å². The van der Waals surface area contributed by atoms with Crippen LogP contribution in [0.4, 0.5) is 0 Å². The molecule has 0 N–H and O–H groups in total. The minimum atomic E-state index is -3.68. The summed E-state index contributed by atoms with van der Waals surface area (Å²) < 4.78 is 51.7. The number of methoxy groups -OCH3 is 4. The van der Waals surface area contributed by atoms with Crippen molar-refractivity contribution in [1.82, 2.24) is 8.61 Å². The van der Waals surface area contributed by atoms with Crippen molar-refractivity contribution >= 4 is 22.0 Å². The van der Waals surface area contributed by atoms with Gasteiger partial charge in [-0.2, -0.15) is 4.31 Å². The Morgan fingerprint density at radius 1 is 0.781 bits per heavy atom. The van der Waals surface area contributed by atoms with Crippen LogP contribution in [-0.2, 0) is 10.0 Å². The molecule has 1 aliphatic rings. The molecule has 3 rings (SSSR count). The van der Waals surface area contributed by atoms with Crippen LogP contribution in [0.2, 0.25) is 0 Å². The van der Waals surface area contributed by atoms with E-state index < -0.39 is 10.0 Å². The highest BCUT2D eigenvalue weighted by atomic mass is 32.2. The van der Waals surface area contributed by atoms with Gasteiger partial charge in [0.1, 0.15) is 0 Å². The Morgan fingerprint density at radius 3 is 1.81 bits per heavy atom. The number of rotatable bonds is 8. The molecule has 1 fully saturated rings. The Hall–Kier alpha value is -2.14. The molecule has 0 saturated carbocycles. The first kappa shape index (κ1) is 24.5. The molecule has 0 radical (unpaired) electrons. The van der Waals surface area contributed by atoms with E-state index in [0.29, 0.717) is 36.1 Å². The van der Waals surface area contributed by atoms with Crippen LogP contribution in [-0.4, -0.2) is 70.6 Å². The number of hydrogen-bond acceptors (Lipinski definition) is 8. The fourth-order valence-electron chi connectivity index (χ4n) is 3.76. The topological polar surface area (TPSA) is 77.5 Å². The normalized spacial score (nSPS) is 20.1. The van der Waals surface area contributed by atoms with E-state index in [0.717, 1.165) is 4.90 Å². The Balaban J connectivity index is 1.78. The molecule has 2 aromatic carbocycles. The smallest absolute Gasteiger partial charge is 0.243 e. The second-order valence-electron chi connectivity index (χ2n) is 7.50. The van der Waals surface area contributed by atoms with Crippen molar-refractivity contribution in [3.8, 4) is 23.0 Å². The molecular weight excluding hydrogens is 452 g/mol. The highest BCUT2D eigenvalue weighted by Gasteiger charge is 2.37. The highest BCUT2D eigenvalue weighted by molar-refractivity contribution is 7.97. The van der Waals surface area contributed by atoms with Gasteiger partial charge in [0, 0.05) is 36.1 Å². The third kappa shape index (κ3) is 4.93. The molecule has 1 heterocycles. The molecule has 0 unspecified atom stereocenters. The molecule has 0 aromatic heterocycles. The number of benzene rings is 2. The second-order valence-corrected chi connectivity index (χ2v) is 10.5. The number of sulfonamides is 1. The van der Waals surface area contributed by atoms with Gasteiger partial charge in [0.25, 0.3) is 0 Å². The Labute approximate surface area is 194 Å². The van der Waals surface area contributed by atoms with E-state index in [4.69, 9.17) is 18.9 Å². The van der Waals surface area contributed by atoms with E-state index in [2.05, 4.69) is 4.31 Å². The van der Waals surface area contributed by atoms with Crippen LogP contribution in [0.3, 0.4) is 0 Å². The van der Waals surface area contributed by atoms with Crippen LogP contribution in [0.15, 0.2) is 46.2 Å².